The van der Waals surface area contributed by atoms with Crippen molar-refractivity contribution in [1.29, 1.82) is 0 Å². The molecule has 2 nitrogen and oxygen atoms in total. The number of rotatable bonds is 5. The molecule has 15 heavy (non-hydrogen) atoms. The van der Waals surface area contributed by atoms with E-state index in [0.29, 0.717) is 0 Å². The van der Waals surface area contributed by atoms with E-state index in [1.54, 1.807) is 0 Å². The third-order valence-corrected chi connectivity index (χ3v) is 4.09. The van der Waals surface area contributed by atoms with E-state index in [1.165, 1.54) is 51.6 Å². The minimum absolute atomic E-state index is 0.778. The average Bonchev–Trinajstić information content (AvgIpc) is 3.02. The monoisotopic (exact) mass is 210 g/mol. The second kappa shape index (κ2) is 5.31. The van der Waals surface area contributed by atoms with Gasteiger partial charge in [0.25, 0.3) is 0 Å². The van der Waals surface area contributed by atoms with Crippen LogP contribution in [0.25, 0.3) is 0 Å². The van der Waals surface area contributed by atoms with Crippen LogP contribution in [0.4, 0.5) is 0 Å². The van der Waals surface area contributed by atoms with Crippen LogP contribution in [0.2, 0.25) is 0 Å². The van der Waals surface area contributed by atoms with Crippen molar-refractivity contribution in [2.24, 2.45) is 11.8 Å². The smallest absolute Gasteiger partial charge is 0.0104 e. The summed E-state index contributed by atoms with van der Waals surface area (Å²) in [4.78, 5) is 2.57. The summed E-state index contributed by atoms with van der Waals surface area (Å²) in [7, 11) is 4.43. The van der Waals surface area contributed by atoms with Crippen molar-refractivity contribution in [1.82, 2.24) is 10.2 Å². The van der Waals surface area contributed by atoms with Crippen LogP contribution in [-0.4, -0.2) is 38.1 Å². The lowest BCUT2D eigenvalue weighted by Crippen LogP contribution is -2.42. The Bertz CT molecular complexity index is 189. The van der Waals surface area contributed by atoms with Crippen molar-refractivity contribution in [3.63, 3.8) is 0 Å². The van der Waals surface area contributed by atoms with Gasteiger partial charge in [-0.1, -0.05) is 12.8 Å². The van der Waals surface area contributed by atoms with Gasteiger partial charge >= 0.3 is 0 Å². The van der Waals surface area contributed by atoms with E-state index >= 15 is 0 Å². The van der Waals surface area contributed by atoms with Crippen LogP contribution in [0.3, 0.4) is 0 Å². The molecule has 2 heteroatoms. The fraction of sp³-hybridized carbons (Fsp3) is 1.00. The van der Waals surface area contributed by atoms with Crippen molar-refractivity contribution in [2.45, 2.75) is 44.6 Å². The Labute approximate surface area is 94.4 Å². The maximum Gasteiger partial charge on any atom is 0.0104 e. The molecule has 2 atom stereocenters. The summed E-state index contributed by atoms with van der Waals surface area (Å²) >= 11 is 0. The first-order chi connectivity index (χ1) is 7.29. The molecule has 2 aliphatic carbocycles. The maximum atomic E-state index is 3.50. The Kier molecular flexibility index (Phi) is 4.04. The van der Waals surface area contributed by atoms with Crippen LogP contribution in [0.15, 0.2) is 0 Å². The minimum Gasteiger partial charge on any atom is -0.317 e. The molecule has 88 valence electrons. The van der Waals surface area contributed by atoms with E-state index in [9.17, 15) is 0 Å². The van der Waals surface area contributed by atoms with Crippen molar-refractivity contribution < 1.29 is 0 Å². The summed E-state index contributed by atoms with van der Waals surface area (Å²) in [5.41, 5.74) is 0. The van der Waals surface area contributed by atoms with Gasteiger partial charge < -0.3 is 10.2 Å². The number of nitrogens with one attached hydrogen (secondary N) is 1. The topological polar surface area (TPSA) is 15.3 Å². The molecule has 0 heterocycles. The first kappa shape index (κ1) is 11.4. The van der Waals surface area contributed by atoms with Crippen molar-refractivity contribution >= 4 is 0 Å². The Morgan fingerprint density at radius 1 is 1.07 bits per heavy atom. The molecule has 0 aliphatic heterocycles. The summed E-state index contributed by atoms with van der Waals surface area (Å²) in [5, 5.41) is 3.50. The average molecular weight is 210 g/mol. The van der Waals surface area contributed by atoms with Crippen molar-refractivity contribution in [2.75, 3.05) is 27.2 Å². The molecule has 2 saturated carbocycles. The van der Waals surface area contributed by atoms with Crippen LogP contribution in [0.5, 0.6) is 0 Å². The standard InChI is InChI=1S/C13H26N2/c1-14-13-6-4-3-5-12(13)10-15(2)9-11-7-8-11/h11-14H,3-10H2,1-2H3. The Balaban J connectivity index is 1.74. The van der Waals surface area contributed by atoms with E-state index in [4.69, 9.17) is 0 Å². The fourth-order valence-electron chi connectivity index (χ4n) is 3.02. The van der Waals surface area contributed by atoms with Gasteiger partial charge in [0.1, 0.15) is 0 Å². The molecular weight excluding hydrogens is 184 g/mol. The zero-order valence-electron chi connectivity index (χ0n) is 10.3. The third kappa shape index (κ3) is 3.46. The lowest BCUT2D eigenvalue weighted by molar-refractivity contribution is 0.191. The van der Waals surface area contributed by atoms with Crippen molar-refractivity contribution in [3.05, 3.63) is 0 Å². The Morgan fingerprint density at radius 2 is 1.80 bits per heavy atom. The van der Waals surface area contributed by atoms with Gasteiger partial charge in [-0.05, 0) is 51.6 Å². The second-order valence-corrected chi connectivity index (χ2v) is 5.60. The molecule has 2 rings (SSSR count). The van der Waals surface area contributed by atoms with E-state index in [2.05, 4.69) is 24.3 Å². The first-order valence-corrected chi connectivity index (χ1v) is 6.65. The number of nitrogens with zero attached hydrogens (tertiary/aromatic N) is 1. The van der Waals surface area contributed by atoms with Gasteiger partial charge in [-0.3, -0.25) is 0 Å². The summed E-state index contributed by atoms with van der Waals surface area (Å²) in [6, 6.07) is 0.778. The summed E-state index contributed by atoms with van der Waals surface area (Å²) < 4.78 is 0. The third-order valence-electron chi connectivity index (χ3n) is 4.09. The summed E-state index contributed by atoms with van der Waals surface area (Å²) in [6.07, 6.45) is 8.64. The molecule has 0 amide bonds. The predicted octanol–water partition coefficient (Wildman–Crippen LogP) is 2.11. The summed E-state index contributed by atoms with van der Waals surface area (Å²) in [6.45, 7) is 2.65. The van der Waals surface area contributed by atoms with E-state index in [0.717, 1.165) is 17.9 Å². The number of hydrogen-bond acceptors (Lipinski definition) is 2. The van der Waals surface area contributed by atoms with Gasteiger partial charge in [-0.2, -0.15) is 0 Å². The number of hydrogen-bond donors (Lipinski definition) is 1. The molecule has 1 N–H and O–H groups in total. The molecular formula is C13H26N2. The van der Waals surface area contributed by atoms with Crippen LogP contribution in [-0.2, 0) is 0 Å². The van der Waals surface area contributed by atoms with Crippen LogP contribution in [0.1, 0.15) is 38.5 Å². The highest BCUT2D eigenvalue weighted by molar-refractivity contribution is 4.83. The lowest BCUT2D eigenvalue weighted by atomic mass is 9.84. The van der Waals surface area contributed by atoms with Crippen LogP contribution in [0, 0.1) is 11.8 Å². The van der Waals surface area contributed by atoms with Crippen molar-refractivity contribution in [3.8, 4) is 0 Å². The van der Waals surface area contributed by atoms with Gasteiger partial charge in [-0.15, -0.1) is 0 Å². The zero-order chi connectivity index (χ0) is 10.7. The quantitative estimate of drug-likeness (QED) is 0.747. The van der Waals surface area contributed by atoms with Gasteiger partial charge in [0.2, 0.25) is 0 Å². The highest BCUT2D eigenvalue weighted by Gasteiger charge is 2.27. The SMILES string of the molecule is CNC1CCCCC1CN(C)CC1CC1. The highest BCUT2D eigenvalue weighted by Crippen LogP contribution is 2.30. The fourth-order valence-corrected chi connectivity index (χ4v) is 3.02. The molecule has 0 aromatic heterocycles. The highest BCUT2D eigenvalue weighted by atomic mass is 15.1. The summed E-state index contributed by atoms with van der Waals surface area (Å²) in [5.74, 6) is 1.93. The molecule has 2 fully saturated rings. The molecule has 0 saturated heterocycles. The van der Waals surface area contributed by atoms with Crippen LogP contribution < -0.4 is 5.32 Å². The first-order valence-electron chi connectivity index (χ1n) is 6.65. The van der Waals surface area contributed by atoms with Gasteiger partial charge in [-0.25, -0.2) is 0 Å². The second-order valence-electron chi connectivity index (χ2n) is 5.60. The molecule has 0 spiro atoms. The largest absolute Gasteiger partial charge is 0.317 e. The normalized spacial score (nSPS) is 32.2. The van der Waals surface area contributed by atoms with Gasteiger partial charge in [0, 0.05) is 19.1 Å². The minimum atomic E-state index is 0.778. The molecule has 0 aromatic carbocycles. The molecule has 0 radical (unpaired) electrons. The van der Waals surface area contributed by atoms with Gasteiger partial charge in [0.15, 0.2) is 0 Å². The lowest BCUT2D eigenvalue weighted by Gasteiger charge is -2.34. The zero-order valence-corrected chi connectivity index (χ0v) is 10.3. The van der Waals surface area contributed by atoms with Crippen LogP contribution >= 0.6 is 0 Å². The molecule has 2 aliphatic rings. The van der Waals surface area contributed by atoms with E-state index in [-0.39, 0.29) is 0 Å². The molecule has 2 unspecified atom stereocenters. The van der Waals surface area contributed by atoms with Gasteiger partial charge in [0.05, 0.1) is 0 Å². The van der Waals surface area contributed by atoms with E-state index < -0.39 is 0 Å². The molecule has 0 aromatic rings. The maximum absolute atomic E-state index is 3.50. The predicted molar refractivity (Wildman–Crippen MR) is 65.0 cm³/mol. The Morgan fingerprint density at radius 3 is 2.47 bits per heavy atom. The molecule has 0 bridgehead atoms. The van der Waals surface area contributed by atoms with E-state index in [1.807, 2.05) is 0 Å². The Hall–Kier alpha value is -0.0800.